The summed E-state index contributed by atoms with van der Waals surface area (Å²) in [4.78, 5) is 16.6. The van der Waals surface area contributed by atoms with Gasteiger partial charge < -0.3 is 0 Å². The Labute approximate surface area is 181 Å². The summed E-state index contributed by atoms with van der Waals surface area (Å²) in [6.07, 6.45) is 0. The van der Waals surface area contributed by atoms with Gasteiger partial charge in [0.2, 0.25) is 0 Å². The summed E-state index contributed by atoms with van der Waals surface area (Å²) in [5, 5.41) is 20.2. The van der Waals surface area contributed by atoms with E-state index in [1.165, 1.54) is 16.3 Å². The third-order valence-corrected chi connectivity index (χ3v) is 2.60. The molecular weight excluding hydrogens is 380 g/mol. The lowest BCUT2D eigenvalue weighted by atomic mass is 10.1. The van der Waals surface area contributed by atoms with E-state index in [2.05, 4.69) is 67.6 Å². The Morgan fingerprint density at radius 1 is 0.567 bits per heavy atom. The van der Waals surface area contributed by atoms with Crippen LogP contribution in [0.5, 0.6) is 0 Å². The quantitative estimate of drug-likeness (QED) is 0.283. The number of nitro groups is 2. The third-order valence-electron chi connectivity index (χ3n) is 2.60. The van der Waals surface area contributed by atoms with Gasteiger partial charge in [-0.25, -0.2) is 0 Å². The Kier molecular flexibility index (Phi) is 29.4. The fourth-order valence-corrected chi connectivity index (χ4v) is 1.67. The number of rotatable bonds is 0. The molecule has 0 saturated carbocycles. The molecule has 168 valence electrons. The Hall–Kier alpha value is -3.28. The number of hydrogen-bond donors (Lipinski definition) is 0. The molecule has 0 aliphatic rings. The Balaban J connectivity index is -0.000000150. The van der Waals surface area contributed by atoms with Gasteiger partial charge in [0.1, 0.15) is 0 Å². The van der Waals surface area contributed by atoms with E-state index in [-0.39, 0.29) is 7.43 Å². The molecule has 0 N–H and O–H groups in total. The average molecular weight is 419 g/mol. The van der Waals surface area contributed by atoms with E-state index in [0.29, 0.717) is 0 Å². The Morgan fingerprint density at radius 3 is 0.933 bits per heavy atom. The number of aryl methyl sites for hydroxylation is 1. The van der Waals surface area contributed by atoms with Crippen molar-refractivity contribution in [2.24, 2.45) is 0 Å². The lowest BCUT2D eigenvalue weighted by Crippen LogP contribution is -1.79. The van der Waals surface area contributed by atoms with Crippen LogP contribution in [0.1, 0.15) is 40.7 Å². The summed E-state index contributed by atoms with van der Waals surface area (Å²) in [5.74, 6) is 0. The zero-order valence-corrected chi connectivity index (χ0v) is 18.5. The highest BCUT2D eigenvalue weighted by molar-refractivity contribution is 5.81. The van der Waals surface area contributed by atoms with Crippen molar-refractivity contribution in [1.82, 2.24) is 0 Å². The predicted octanol–water partition coefficient (Wildman–Crippen LogP) is 7.31. The van der Waals surface area contributed by atoms with Crippen LogP contribution in [-0.2, 0) is 0 Å². The largest absolute Gasteiger partial charge is 0.265 e. The monoisotopic (exact) mass is 418 g/mol. The molecule has 6 heteroatoms. The molecule has 0 heterocycles. The van der Waals surface area contributed by atoms with Gasteiger partial charge >= 0.3 is 0 Å². The fraction of sp³-hybridized carbons (Fsp3) is 0.333. The summed E-state index contributed by atoms with van der Waals surface area (Å²) in [6.45, 7) is 10.1. The second-order valence-electron chi connectivity index (χ2n) is 4.88. The highest BCUT2D eigenvalue weighted by Crippen LogP contribution is 2.11. The number of benzene rings is 3. The zero-order chi connectivity index (χ0) is 23.1. The molecular formula is C24H38N2O4. The van der Waals surface area contributed by atoms with Crippen molar-refractivity contribution in [1.29, 1.82) is 0 Å². The van der Waals surface area contributed by atoms with Crippen LogP contribution in [0.3, 0.4) is 0 Å². The summed E-state index contributed by atoms with van der Waals surface area (Å²) >= 11 is 0. The molecule has 0 fully saturated rings. The minimum absolute atomic E-state index is 0. The number of fused-ring (bicyclic) bond motifs is 1. The van der Waals surface area contributed by atoms with Gasteiger partial charge in [-0.2, -0.15) is 0 Å². The SMILES string of the molecule is C.CC.CC.C[N+](=O)[O-].C[N+](=O)[O-].Cc1ccccc1.c1ccc2ccccc2c1. The summed E-state index contributed by atoms with van der Waals surface area (Å²) in [7, 11) is 1.78. The molecule has 3 aromatic carbocycles. The van der Waals surface area contributed by atoms with E-state index < -0.39 is 9.85 Å². The Morgan fingerprint density at radius 2 is 0.767 bits per heavy atom. The molecule has 0 unspecified atom stereocenters. The van der Waals surface area contributed by atoms with Gasteiger partial charge in [-0.3, -0.25) is 20.2 Å². The van der Waals surface area contributed by atoms with E-state index in [9.17, 15) is 0 Å². The highest BCUT2D eigenvalue weighted by atomic mass is 16.6. The third kappa shape index (κ3) is 26.9. The molecule has 0 amide bonds. The fourth-order valence-electron chi connectivity index (χ4n) is 1.67. The van der Waals surface area contributed by atoms with Gasteiger partial charge in [0.15, 0.2) is 14.1 Å². The smallest absolute Gasteiger partial charge is 0.194 e. The van der Waals surface area contributed by atoms with Crippen LogP contribution in [0.4, 0.5) is 0 Å². The zero-order valence-electron chi connectivity index (χ0n) is 18.5. The first-order valence-corrected chi connectivity index (χ1v) is 9.44. The van der Waals surface area contributed by atoms with Crippen molar-refractivity contribution in [2.45, 2.75) is 42.0 Å². The molecule has 0 aromatic heterocycles. The molecule has 6 nitrogen and oxygen atoms in total. The van der Waals surface area contributed by atoms with Crippen molar-refractivity contribution in [2.75, 3.05) is 14.1 Å². The molecule has 0 spiro atoms. The van der Waals surface area contributed by atoms with Crippen LogP contribution in [0.25, 0.3) is 10.8 Å². The Bertz CT molecular complexity index is 678. The van der Waals surface area contributed by atoms with Gasteiger partial charge in [-0.05, 0) is 17.7 Å². The highest BCUT2D eigenvalue weighted by Gasteiger charge is 1.85. The molecule has 0 saturated heterocycles. The van der Waals surface area contributed by atoms with Crippen molar-refractivity contribution >= 4 is 10.8 Å². The molecule has 0 radical (unpaired) electrons. The van der Waals surface area contributed by atoms with Crippen LogP contribution >= 0.6 is 0 Å². The molecule has 30 heavy (non-hydrogen) atoms. The topological polar surface area (TPSA) is 86.3 Å². The van der Waals surface area contributed by atoms with Gasteiger partial charge in [0.25, 0.3) is 0 Å². The number of nitrogens with zero attached hydrogens (tertiary/aromatic N) is 2. The van der Waals surface area contributed by atoms with E-state index in [4.69, 9.17) is 20.2 Å². The van der Waals surface area contributed by atoms with Gasteiger partial charge in [-0.15, -0.1) is 0 Å². The van der Waals surface area contributed by atoms with E-state index >= 15 is 0 Å². The van der Waals surface area contributed by atoms with E-state index in [1.54, 1.807) is 0 Å². The van der Waals surface area contributed by atoms with Crippen LogP contribution in [0.2, 0.25) is 0 Å². The standard InChI is InChI=1S/C10H8.C7H8.2C2H6.2CH3NO2.CH4/c1-2-6-10-8-4-3-7-9(10)5-1;1-7-5-3-2-4-6-7;2*1-2;2*1-2(3)4;/h1-8H;2-6H,1H3;2*1-2H3;2*1H3;1H4. The lowest BCUT2D eigenvalue weighted by molar-refractivity contribution is -0.445. The maximum absolute atomic E-state index is 8.81. The van der Waals surface area contributed by atoms with Gasteiger partial charge in [-0.1, -0.05) is 120 Å². The predicted molar refractivity (Wildman–Crippen MR) is 130 cm³/mol. The second-order valence-corrected chi connectivity index (χ2v) is 4.88. The molecule has 3 rings (SSSR count). The van der Waals surface area contributed by atoms with Gasteiger partial charge in [0, 0.05) is 9.85 Å². The second kappa shape index (κ2) is 25.7. The summed E-state index contributed by atoms with van der Waals surface area (Å²) in [6, 6.07) is 27.0. The molecule has 0 aliphatic carbocycles. The minimum Gasteiger partial charge on any atom is -0.265 e. The van der Waals surface area contributed by atoms with Crippen LogP contribution in [0, 0.1) is 27.2 Å². The average Bonchev–Trinajstić information content (AvgIpc) is 2.71. The van der Waals surface area contributed by atoms with E-state index in [0.717, 1.165) is 14.1 Å². The first-order chi connectivity index (χ1) is 13.8. The summed E-state index contributed by atoms with van der Waals surface area (Å²) < 4.78 is 0. The van der Waals surface area contributed by atoms with Gasteiger partial charge in [0.05, 0.1) is 0 Å². The number of hydrogen-bond acceptors (Lipinski definition) is 4. The van der Waals surface area contributed by atoms with Crippen LogP contribution in [-0.4, -0.2) is 23.9 Å². The normalized spacial score (nSPS) is 7.43. The molecule has 0 bridgehead atoms. The summed E-state index contributed by atoms with van der Waals surface area (Å²) in [5.41, 5.74) is 1.32. The van der Waals surface area contributed by atoms with Crippen molar-refractivity contribution in [3.8, 4) is 0 Å². The first kappa shape index (κ1) is 34.2. The molecule has 3 aromatic rings. The maximum Gasteiger partial charge on any atom is 0.194 e. The molecule has 0 atom stereocenters. The van der Waals surface area contributed by atoms with Crippen LogP contribution in [0.15, 0.2) is 78.9 Å². The van der Waals surface area contributed by atoms with Crippen LogP contribution < -0.4 is 0 Å². The maximum atomic E-state index is 8.81. The minimum atomic E-state index is -0.500. The van der Waals surface area contributed by atoms with E-state index in [1.807, 2.05) is 45.9 Å². The lowest BCUT2D eigenvalue weighted by Gasteiger charge is -1.92. The van der Waals surface area contributed by atoms with Crippen molar-refractivity contribution < 1.29 is 9.85 Å². The first-order valence-electron chi connectivity index (χ1n) is 9.44. The van der Waals surface area contributed by atoms with Crippen molar-refractivity contribution in [3.05, 3.63) is 105 Å². The van der Waals surface area contributed by atoms with Crippen molar-refractivity contribution in [3.63, 3.8) is 0 Å². The molecule has 0 aliphatic heterocycles.